The highest BCUT2D eigenvalue weighted by Crippen LogP contribution is 2.32. The summed E-state index contributed by atoms with van der Waals surface area (Å²) < 4.78 is 13.5. The lowest BCUT2D eigenvalue weighted by Gasteiger charge is -2.17. The van der Waals surface area contributed by atoms with Crippen LogP contribution in [0.3, 0.4) is 0 Å². The quantitative estimate of drug-likeness (QED) is 0.651. The molecular weight excluding hydrogens is 265 g/mol. The summed E-state index contributed by atoms with van der Waals surface area (Å²) in [7, 11) is 0. The molecule has 2 unspecified atom stereocenters. The molecule has 108 valence electrons. The molecule has 1 aliphatic carbocycles. The molecule has 2 rings (SSSR count). The average Bonchev–Trinajstić information content (AvgIpc) is 2.86. The van der Waals surface area contributed by atoms with Gasteiger partial charge in [0.25, 0.3) is 0 Å². The second kappa shape index (κ2) is 5.96. The van der Waals surface area contributed by atoms with Gasteiger partial charge in [-0.2, -0.15) is 4.39 Å². The van der Waals surface area contributed by atoms with Crippen LogP contribution < -0.4 is 11.1 Å². The van der Waals surface area contributed by atoms with E-state index in [4.69, 9.17) is 5.73 Å². The largest absolute Gasteiger partial charge is 0.330 e. The van der Waals surface area contributed by atoms with E-state index in [9.17, 15) is 19.3 Å². The molecule has 1 aliphatic rings. The first-order valence-electron chi connectivity index (χ1n) is 6.47. The molecule has 0 spiro atoms. The van der Waals surface area contributed by atoms with Crippen LogP contribution in [0.1, 0.15) is 19.3 Å². The fourth-order valence-corrected chi connectivity index (χ4v) is 2.63. The van der Waals surface area contributed by atoms with E-state index in [0.29, 0.717) is 6.54 Å². The van der Waals surface area contributed by atoms with Crippen molar-refractivity contribution in [1.82, 2.24) is 0 Å². The van der Waals surface area contributed by atoms with Gasteiger partial charge in [0.2, 0.25) is 11.7 Å². The number of carbonyl (C=O) groups is 1. The van der Waals surface area contributed by atoms with Crippen molar-refractivity contribution in [1.29, 1.82) is 0 Å². The zero-order valence-electron chi connectivity index (χ0n) is 10.8. The van der Waals surface area contributed by atoms with Gasteiger partial charge in [-0.15, -0.1) is 0 Å². The number of carbonyl (C=O) groups excluding carboxylic acids is 1. The van der Waals surface area contributed by atoms with Crippen molar-refractivity contribution in [3.8, 4) is 0 Å². The summed E-state index contributed by atoms with van der Waals surface area (Å²) in [6, 6.07) is 3.33. The maximum atomic E-state index is 13.5. The number of benzene rings is 1. The van der Waals surface area contributed by atoms with Gasteiger partial charge in [0, 0.05) is 23.7 Å². The highest BCUT2D eigenvalue weighted by molar-refractivity contribution is 5.93. The van der Waals surface area contributed by atoms with Crippen molar-refractivity contribution in [2.75, 3.05) is 11.9 Å². The van der Waals surface area contributed by atoms with Crippen LogP contribution in [0.4, 0.5) is 15.8 Å². The second-order valence-electron chi connectivity index (χ2n) is 4.95. The van der Waals surface area contributed by atoms with E-state index in [0.717, 1.165) is 31.4 Å². The molecular formula is C13H16FN3O3. The van der Waals surface area contributed by atoms with Gasteiger partial charge >= 0.3 is 5.69 Å². The number of nitrogens with zero attached hydrogens (tertiary/aromatic N) is 1. The molecule has 0 heterocycles. The van der Waals surface area contributed by atoms with Gasteiger partial charge in [-0.3, -0.25) is 14.9 Å². The van der Waals surface area contributed by atoms with E-state index in [1.807, 2.05) is 0 Å². The minimum atomic E-state index is -0.963. The van der Waals surface area contributed by atoms with E-state index in [1.54, 1.807) is 0 Å². The summed E-state index contributed by atoms with van der Waals surface area (Å²) in [5, 5.41) is 13.1. The van der Waals surface area contributed by atoms with Crippen molar-refractivity contribution >= 4 is 17.3 Å². The number of nitro groups is 1. The normalized spacial score (nSPS) is 21.7. The molecule has 1 saturated carbocycles. The van der Waals surface area contributed by atoms with Crippen LogP contribution in [-0.4, -0.2) is 17.4 Å². The maximum Gasteiger partial charge on any atom is 0.304 e. The Kier molecular flexibility index (Phi) is 4.29. The molecule has 1 aromatic rings. The molecule has 0 aromatic heterocycles. The minimum absolute atomic E-state index is 0.151. The first kappa shape index (κ1) is 14.4. The SMILES string of the molecule is NCC1CCCC1C(=O)Nc1ccc([N+](=O)[O-])c(F)c1. The summed E-state index contributed by atoms with van der Waals surface area (Å²) in [6.45, 7) is 0.451. The van der Waals surface area contributed by atoms with Crippen LogP contribution >= 0.6 is 0 Å². The number of hydrogen-bond donors (Lipinski definition) is 2. The van der Waals surface area contributed by atoms with E-state index in [1.165, 1.54) is 6.07 Å². The summed E-state index contributed by atoms with van der Waals surface area (Å²) in [6.07, 6.45) is 2.64. The highest BCUT2D eigenvalue weighted by atomic mass is 19.1. The van der Waals surface area contributed by atoms with Crippen molar-refractivity contribution < 1.29 is 14.1 Å². The molecule has 3 N–H and O–H groups in total. The predicted molar refractivity (Wildman–Crippen MR) is 71.6 cm³/mol. The van der Waals surface area contributed by atoms with Crippen molar-refractivity contribution in [3.05, 3.63) is 34.1 Å². The van der Waals surface area contributed by atoms with Crippen LogP contribution in [0.25, 0.3) is 0 Å². The topological polar surface area (TPSA) is 98.3 Å². The van der Waals surface area contributed by atoms with Crippen LogP contribution in [0.2, 0.25) is 0 Å². The second-order valence-corrected chi connectivity index (χ2v) is 4.95. The van der Waals surface area contributed by atoms with Crippen molar-refractivity contribution in [2.45, 2.75) is 19.3 Å². The summed E-state index contributed by atoms with van der Waals surface area (Å²) in [5.74, 6) is -1.18. The number of nitro benzene ring substituents is 1. The number of amides is 1. The third-order valence-electron chi connectivity index (χ3n) is 3.71. The number of nitrogens with two attached hydrogens (primary N) is 1. The van der Waals surface area contributed by atoms with Gasteiger partial charge in [0.05, 0.1) is 4.92 Å². The van der Waals surface area contributed by atoms with Gasteiger partial charge in [0.15, 0.2) is 0 Å². The molecule has 20 heavy (non-hydrogen) atoms. The van der Waals surface area contributed by atoms with Gasteiger partial charge < -0.3 is 11.1 Å². The Bertz CT molecular complexity index is 536. The smallest absolute Gasteiger partial charge is 0.304 e. The molecule has 7 heteroatoms. The Balaban J connectivity index is 2.08. The summed E-state index contributed by atoms with van der Waals surface area (Å²) in [5.41, 5.74) is 5.23. The standard InChI is InChI=1S/C13H16FN3O3/c14-11-6-9(4-5-12(11)17(19)20)16-13(18)10-3-1-2-8(10)7-15/h4-6,8,10H,1-3,7,15H2,(H,16,18). The zero-order chi connectivity index (χ0) is 14.7. The zero-order valence-corrected chi connectivity index (χ0v) is 10.8. The first-order chi connectivity index (χ1) is 9.52. The predicted octanol–water partition coefficient (Wildman–Crippen LogP) is 2.05. The van der Waals surface area contributed by atoms with E-state index in [2.05, 4.69) is 5.32 Å². The molecule has 2 atom stereocenters. The lowest BCUT2D eigenvalue weighted by Crippen LogP contribution is -2.29. The minimum Gasteiger partial charge on any atom is -0.330 e. The summed E-state index contributed by atoms with van der Waals surface area (Å²) in [4.78, 5) is 21.8. The Morgan fingerprint density at radius 2 is 2.25 bits per heavy atom. The van der Waals surface area contributed by atoms with Crippen molar-refractivity contribution in [2.24, 2.45) is 17.6 Å². The molecule has 6 nitrogen and oxygen atoms in total. The molecule has 1 amide bonds. The first-order valence-corrected chi connectivity index (χ1v) is 6.47. The van der Waals surface area contributed by atoms with Gasteiger partial charge in [-0.05, 0) is 31.4 Å². The Morgan fingerprint density at radius 3 is 2.85 bits per heavy atom. The fourth-order valence-electron chi connectivity index (χ4n) is 2.63. The number of anilines is 1. The van der Waals surface area contributed by atoms with E-state index < -0.39 is 16.4 Å². The van der Waals surface area contributed by atoms with Crippen LogP contribution in [0, 0.1) is 27.8 Å². The number of nitrogens with one attached hydrogen (secondary N) is 1. The molecule has 1 fully saturated rings. The Labute approximate surface area is 115 Å². The van der Waals surface area contributed by atoms with Gasteiger partial charge in [-0.25, -0.2) is 0 Å². The number of hydrogen-bond acceptors (Lipinski definition) is 4. The monoisotopic (exact) mass is 281 g/mol. The molecule has 0 aliphatic heterocycles. The lowest BCUT2D eigenvalue weighted by atomic mass is 9.95. The summed E-state index contributed by atoms with van der Waals surface area (Å²) >= 11 is 0. The van der Waals surface area contributed by atoms with Crippen LogP contribution in [0.15, 0.2) is 18.2 Å². The molecule has 0 saturated heterocycles. The fraction of sp³-hybridized carbons (Fsp3) is 0.462. The van der Waals surface area contributed by atoms with Gasteiger partial charge in [-0.1, -0.05) is 6.42 Å². The third-order valence-corrected chi connectivity index (χ3v) is 3.71. The number of rotatable bonds is 4. The van der Waals surface area contributed by atoms with E-state index in [-0.39, 0.29) is 23.4 Å². The highest BCUT2D eigenvalue weighted by Gasteiger charge is 2.32. The molecule has 1 aromatic carbocycles. The number of halogens is 1. The Morgan fingerprint density at radius 1 is 1.50 bits per heavy atom. The van der Waals surface area contributed by atoms with Crippen LogP contribution in [-0.2, 0) is 4.79 Å². The average molecular weight is 281 g/mol. The van der Waals surface area contributed by atoms with Crippen molar-refractivity contribution in [3.63, 3.8) is 0 Å². The van der Waals surface area contributed by atoms with Crippen LogP contribution in [0.5, 0.6) is 0 Å². The molecule has 0 radical (unpaired) electrons. The van der Waals surface area contributed by atoms with E-state index >= 15 is 0 Å². The maximum absolute atomic E-state index is 13.5. The third kappa shape index (κ3) is 2.93. The Hall–Kier alpha value is -2.02. The molecule has 0 bridgehead atoms. The van der Waals surface area contributed by atoms with Gasteiger partial charge in [0.1, 0.15) is 0 Å². The lowest BCUT2D eigenvalue weighted by molar-refractivity contribution is -0.387.